The summed E-state index contributed by atoms with van der Waals surface area (Å²) in [7, 11) is -1.66. The molecule has 0 saturated carbocycles. The first-order valence-electron chi connectivity index (χ1n) is 6.15. The van der Waals surface area contributed by atoms with Crippen LogP contribution in [0, 0.1) is 6.92 Å². The number of alkyl halides is 1. The number of aryl methyl sites for hydroxylation is 1. The molecule has 4 nitrogen and oxygen atoms in total. The highest BCUT2D eigenvalue weighted by Crippen LogP contribution is 2.11. The largest absolute Gasteiger partial charge is 0.492 e. The second-order valence-electron chi connectivity index (χ2n) is 4.34. The van der Waals surface area contributed by atoms with Crippen LogP contribution in [0.2, 0.25) is 0 Å². The summed E-state index contributed by atoms with van der Waals surface area (Å²) < 4.78 is 30.4. The molecule has 6 heteroatoms. The molecule has 1 aromatic carbocycles. The van der Waals surface area contributed by atoms with Crippen LogP contribution in [0.25, 0.3) is 0 Å². The number of ether oxygens (including phenoxy) is 1. The molecule has 0 fully saturated rings. The molecule has 0 unspecified atom stereocenters. The van der Waals surface area contributed by atoms with Crippen LogP contribution >= 0.6 is 11.6 Å². The zero-order valence-electron chi connectivity index (χ0n) is 11.3. The second kappa shape index (κ2) is 7.72. The maximum Gasteiger partial charge on any atom is 0.214 e. The van der Waals surface area contributed by atoms with E-state index in [-0.39, 0.29) is 5.75 Å². The molecule has 0 heterocycles. The van der Waals surface area contributed by atoms with Crippen molar-refractivity contribution < 1.29 is 13.2 Å². The number of sulfonamides is 1. The normalized spacial score (nSPS) is 11.8. The molecule has 0 amide bonds. The zero-order valence-corrected chi connectivity index (χ0v) is 12.9. The van der Waals surface area contributed by atoms with Gasteiger partial charge >= 0.3 is 0 Å². The SMILES string of the molecule is Cc1ccc(OCCN(C)S(=O)(=O)CCCCl)cc1. The van der Waals surface area contributed by atoms with Crippen molar-refractivity contribution in [2.45, 2.75) is 13.3 Å². The Bertz CT molecular complexity index is 473. The molecule has 0 aliphatic heterocycles. The summed E-state index contributed by atoms with van der Waals surface area (Å²) in [4.78, 5) is 0. The average molecular weight is 306 g/mol. The summed E-state index contributed by atoms with van der Waals surface area (Å²) in [6.07, 6.45) is 0.465. The van der Waals surface area contributed by atoms with Gasteiger partial charge in [0.05, 0.1) is 5.75 Å². The lowest BCUT2D eigenvalue weighted by atomic mass is 10.2. The van der Waals surface area contributed by atoms with Gasteiger partial charge in [0.25, 0.3) is 0 Å². The number of hydrogen-bond acceptors (Lipinski definition) is 3. The molecule has 108 valence electrons. The molecule has 19 heavy (non-hydrogen) atoms. The van der Waals surface area contributed by atoms with Gasteiger partial charge in [0.1, 0.15) is 12.4 Å². The van der Waals surface area contributed by atoms with Gasteiger partial charge in [-0.25, -0.2) is 12.7 Å². The molecule has 0 radical (unpaired) electrons. The first-order valence-corrected chi connectivity index (χ1v) is 8.29. The van der Waals surface area contributed by atoms with Crippen LogP contribution in [0.5, 0.6) is 5.75 Å². The molecule has 1 rings (SSSR count). The van der Waals surface area contributed by atoms with Crippen molar-refractivity contribution in [2.75, 3.05) is 31.8 Å². The summed E-state index contributed by atoms with van der Waals surface area (Å²) in [5.41, 5.74) is 1.16. The van der Waals surface area contributed by atoms with E-state index < -0.39 is 10.0 Å². The van der Waals surface area contributed by atoms with Crippen molar-refractivity contribution >= 4 is 21.6 Å². The van der Waals surface area contributed by atoms with Crippen LogP contribution in [0.3, 0.4) is 0 Å². The van der Waals surface area contributed by atoms with Crippen molar-refractivity contribution in [1.29, 1.82) is 0 Å². The lowest BCUT2D eigenvalue weighted by Gasteiger charge is -2.17. The third kappa shape index (κ3) is 5.80. The predicted octanol–water partition coefficient (Wildman–Crippen LogP) is 2.26. The Morgan fingerprint density at radius 2 is 1.89 bits per heavy atom. The number of rotatable bonds is 8. The van der Waals surface area contributed by atoms with Crippen LogP contribution in [-0.2, 0) is 10.0 Å². The van der Waals surface area contributed by atoms with Gasteiger partial charge in [-0.15, -0.1) is 11.6 Å². The fourth-order valence-electron chi connectivity index (χ4n) is 1.46. The standard InChI is InChI=1S/C13H20ClNO3S/c1-12-4-6-13(7-5-12)18-10-9-15(2)19(16,17)11-3-8-14/h4-7H,3,8-11H2,1-2H3. The van der Waals surface area contributed by atoms with Crippen molar-refractivity contribution in [3.8, 4) is 5.75 Å². The molecule has 1 aromatic rings. The molecular weight excluding hydrogens is 286 g/mol. The minimum atomic E-state index is -3.21. The highest BCUT2D eigenvalue weighted by Gasteiger charge is 2.16. The topological polar surface area (TPSA) is 46.6 Å². The first kappa shape index (κ1) is 16.3. The monoisotopic (exact) mass is 305 g/mol. The molecule has 0 bridgehead atoms. The Balaban J connectivity index is 2.38. The molecule has 0 aromatic heterocycles. The third-order valence-corrected chi connectivity index (χ3v) is 4.91. The third-order valence-electron chi connectivity index (χ3n) is 2.71. The van der Waals surface area contributed by atoms with Crippen molar-refractivity contribution in [1.82, 2.24) is 4.31 Å². The van der Waals surface area contributed by atoms with E-state index >= 15 is 0 Å². The lowest BCUT2D eigenvalue weighted by molar-refractivity contribution is 0.287. The number of hydrogen-bond donors (Lipinski definition) is 0. The molecule has 0 N–H and O–H groups in total. The molecule has 0 aliphatic carbocycles. The van der Waals surface area contributed by atoms with E-state index in [1.807, 2.05) is 31.2 Å². The minimum absolute atomic E-state index is 0.0809. The zero-order chi connectivity index (χ0) is 14.3. The predicted molar refractivity (Wildman–Crippen MR) is 78.4 cm³/mol. The first-order chi connectivity index (χ1) is 8.95. The Morgan fingerprint density at radius 1 is 1.26 bits per heavy atom. The number of halogens is 1. The van der Waals surface area contributed by atoms with E-state index in [0.717, 1.165) is 11.3 Å². The maximum atomic E-state index is 11.8. The fourth-order valence-corrected chi connectivity index (χ4v) is 2.92. The quantitative estimate of drug-likeness (QED) is 0.692. The van der Waals surface area contributed by atoms with Gasteiger partial charge in [0.2, 0.25) is 10.0 Å². The molecule has 0 spiro atoms. The number of nitrogens with zero attached hydrogens (tertiary/aromatic N) is 1. The number of likely N-dealkylation sites (N-methyl/N-ethyl adjacent to an activating group) is 1. The smallest absolute Gasteiger partial charge is 0.214 e. The lowest BCUT2D eigenvalue weighted by Crippen LogP contribution is -2.32. The summed E-state index contributed by atoms with van der Waals surface area (Å²) in [5.74, 6) is 1.18. The van der Waals surface area contributed by atoms with Crippen LogP contribution in [0.4, 0.5) is 0 Å². The summed E-state index contributed by atoms with van der Waals surface area (Å²) in [6.45, 7) is 2.67. The minimum Gasteiger partial charge on any atom is -0.492 e. The van der Waals surface area contributed by atoms with Crippen LogP contribution in [-0.4, -0.2) is 44.6 Å². The molecule has 0 saturated heterocycles. The van der Waals surface area contributed by atoms with Crippen molar-refractivity contribution in [2.24, 2.45) is 0 Å². The van der Waals surface area contributed by atoms with Crippen molar-refractivity contribution in [3.05, 3.63) is 29.8 Å². The Morgan fingerprint density at radius 3 is 2.47 bits per heavy atom. The van der Waals surface area contributed by atoms with Gasteiger partial charge in [0.15, 0.2) is 0 Å². The van der Waals surface area contributed by atoms with Gasteiger partial charge in [-0.2, -0.15) is 0 Å². The highest BCUT2D eigenvalue weighted by molar-refractivity contribution is 7.89. The van der Waals surface area contributed by atoms with Crippen LogP contribution in [0.15, 0.2) is 24.3 Å². The Kier molecular flexibility index (Phi) is 6.62. The van der Waals surface area contributed by atoms with Gasteiger partial charge < -0.3 is 4.74 Å². The Labute approximate surface area is 120 Å². The summed E-state index contributed by atoms with van der Waals surface area (Å²) in [5, 5.41) is 0. The van der Waals surface area contributed by atoms with Crippen LogP contribution in [0.1, 0.15) is 12.0 Å². The van der Waals surface area contributed by atoms with E-state index in [9.17, 15) is 8.42 Å². The second-order valence-corrected chi connectivity index (χ2v) is 6.91. The van der Waals surface area contributed by atoms with Crippen LogP contribution < -0.4 is 4.74 Å². The van der Waals surface area contributed by atoms with Crippen molar-refractivity contribution in [3.63, 3.8) is 0 Å². The highest BCUT2D eigenvalue weighted by atomic mass is 35.5. The number of benzene rings is 1. The van der Waals surface area contributed by atoms with Gasteiger partial charge in [0, 0.05) is 19.5 Å². The van der Waals surface area contributed by atoms with E-state index in [2.05, 4.69) is 0 Å². The van der Waals surface area contributed by atoms with E-state index in [4.69, 9.17) is 16.3 Å². The van der Waals surface area contributed by atoms with E-state index in [1.54, 1.807) is 7.05 Å². The van der Waals surface area contributed by atoms with E-state index in [1.165, 1.54) is 4.31 Å². The average Bonchev–Trinajstić information content (AvgIpc) is 2.38. The van der Waals surface area contributed by atoms with Gasteiger partial charge in [-0.05, 0) is 25.5 Å². The van der Waals surface area contributed by atoms with Gasteiger partial charge in [-0.3, -0.25) is 0 Å². The van der Waals surface area contributed by atoms with Gasteiger partial charge in [-0.1, -0.05) is 17.7 Å². The summed E-state index contributed by atoms with van der Waals surface area (Å²) >= 11 is 5.50. The summed E-state index contributed by atoms with van der Waals surface area (Å²) in [6, 6.07) is 7.65. The van der Waals surface area contributed by atoms with E-state index in [0.29, 0.717) is 25.5 Å². The fraction of sp³-hybridized carbons (Fsp3) is 0.538. The molecular formula is C13H20ClNO3S. The molecule has 0 atom stereocenters. The maximum absolute atomic E-state index is 11.8. The molecule has 0 aliphatic rings. The Hall–Kier alpha value is -0.780.